The zero-order chi connectivity index (χ0) is 21.8. The quantitative estimate of drug-likeness (QED) is 0.486. The number of aryl methyl sites for hydroxylation is 1. The molecule has 0 atom stereocenters. The maximum Gasteiger partial charge on any atom is 0.328 e. The van der Waals surface area contributed by atoms with E-state index in [1.54, 1.807) is 4.68 Å². The molecule has 1 aliphatic heterocycles. The molecule has 0 saturated carbocycles. The first kappa shape index (κ1) is 20.0. The molecular weight excluding hydrogens is 382 g/mol. The Bertz CT molecular complexity index is 1190. The predicted molar refractivity (Wildman–Crippen MR) is 113 cm³/mol. The fourth-order valence-corrected chi connectivity index (χ4v) is 3.79. The summed E-state index contributed by atoms with van der Waals surface area (Å²) in [4.78, 5) is 35.7. The topological polar surface area (TPSA) is 90.2 Å². The maximum atomic E-state index is 12.4. The van der Waals surface area contributed by atoms with Gasteiger partial charge in [-0.3, -0.25) is 14.3 Å². The van der Waals surface area contributed by atoms with Crippen LogP contribution in [0.15, 0.2) is 18.3 Å². The van der Waals surface area contributed by atoms with Gasteiger partial charge in [0.15, 0.2) is 5.78 Å². The second-order valence-corrected chi connectivity index (χ2v) is 8.69. The summed E-state index contributed by atoms with van der Waals surface area (Å²) >= 11 is 0. The fraction of sp³-hybridized carbons (Fsp3) is 0.409. The van der Waals surface area contributed by atoms with Crippen molar-refractivity contribution in [2.24, 2.45) is 0 Å². The lowest BCUT2D eigenvalue weighted by atomic mass is 9.94. The Labute approximate surface area is 174 Å². The lowest BCUT2D eigenvalue weighted by molar-refractivity contribution is -0.155. The van der Waals surface area contributed by atoms with Crippen molar-refractivity contribution in [3.8, 4) is 11.1 Å². The molecule has 0 amide bonds. The van der Waals surface area contributed by atoms with Crippen LogP contribution in [0.1, 0.15) is 49.6 Å². The minimum absolute atomic E-state index is 0.0609. The van der Waals surface area contributed by atoms with Gasteiger partial charge in [-0.15, -0.1) is 0 Å². The van der Waals surface area contributed by atoms with Crippen LogP contribution < -0.4 is 4.90 Å². The van der Waals surface area contributed by atoms with Gasteiger partial charge in [0.05, 0.1) is 5.52 Å². The number of esters is 1. The number of ketones is 1. The van der Waals surface area contributed by atoms with Crippen LogP contribution in [0.2, 0.25) is 0 Å². The highest BCUT2D eigenvalue weighted by Crippen LogP contribution is 2.39. The Kier molecular flexibility index (Phi) is 4.60. The molecule has 30 heavy (non-hydrogen) atoms. The maximum absolute atomic E-state index is 12.4. The fourth-order valence-electron chi connectivity index (χ4n) is 3.79. The second-order valence-electron chi connectivity index (χ2n) is 8.69. The average Bonchev–Trinajstić information content (AvgIpc) is 2.96. The molecule has 0 radical (unpaired) electrons. The number of carbonyl (C=O) groups is 2. The van der Waals surface area contributed by atoms with E-state index < -0.39 is 11.6 Å². The van der Waals surface area contributed by atoms with Gasteiger partial charge in [-0.1, -0.05) is 0 Å². The molecule has 3 aromatic rings. The first-order chi connectivity index (χ1) is 14.0. The molecule has 1 aliphatic rings. The molecule has 0 N–H and O–H groups in total. The molecule has 1 aromatic carbocycles. The summed E-state index contributed by atoms with van der Waals surface area (Å²) < 4.78 is 7.00. The highest BCUT2D eigenvalue weighted by molar-refractivity contribution is 6.07. The van der Waals surface area contributed by atoms with Crippen LogP contribution in [0.5, 0.6) is 0 Å². The Hall–Kier alpha value is -3.29. The van der Waals surface area contributed by atoms with Crippen LogP contribution in [-0.2, 0) is 22.6 Å². The smallest absolute Gasteiger partial charge is 0.328 e. The lowest BCUT2D eigenvalue weighted by Crippen LogP contribution is -2.27. The molecule has 8 heteroatoms. The lowest BCUT2D eigenvalue weighted by Gasteiger charge is -2.28. The Morgan fingerprint density at radius 1 is 1.20 bits per heavy atom. The van der Waals surface area contributed by atoms with E-state index in [-0.39, 0.29) is 12.3 Å². The SMILES string of the molecule is CC(=O)c1nn(CC(=O)OC(C)(C)C)c2cc3c(cc12)-c1cnc(C)nc1N(C)C3. The molecule has 0 unspecified atom stereocenters. The van der Waals surface area contributed by atoms with Crippen molar-refractivity contribution in [1.82, 2.24) is 19.7 Å². The van der Waals surface area contributed by atoms with Gasteiger partial charge in [-0.25, -0.2) is 9.97 Å². The number of anilines is 1. The highest BCUT2D eigenvalue weighted by atomic mass is 16.6. The molecule has 156 valence electrons. The third kappa shape index (κ3) is 3.53. The Morgan fingerprint density at radius 3 is 2.60 bits per heavy atom. The minimum atomic E-state index is -0.590. The number of benzene rings is 1. The molecule has 0 saturated heterocycles. The summed E-state index contributed by atoms with van der Waals surface area (Å²) in [5, 5.41) is 5.15. The summed E-state index contributed by atoms with van der Waals surface area (Å²) in [6, 6.07) is 3.96. The van der Waals surface area contributed by atoms with E-state index in [9.17, 15) is 9.59 Å². The van der Waals surface area contributed by atoms with Gasteiger partial charge in [0.25, 0.3) is 0 Å². The van der Waals surface area contributed by atoms with Crippen molar-refractivity contribution >= 4 is 28.5 Å². The van der Waals surface area contributed by atoms with Crippen LogP contribution in [0, 0.1) is 6.92 Å². The standard InChI is InChI=1S/C22H25N5O3/c1-12(28)20-16-8-15-14(10-26(6)21-17(15)9-23-13(2)24-21)7-18(16)27(25-20)11-19(29)30-22(3,4)5/h7-9H,10-11H2,1-6H3. The molecule has 8 nitrogen and oxygen atoms in total. The number of aromatic nitrogens is 4. The predicted octanol–water partition coefficient (Wildman–Crippen LogP) is 3.30. The molecule has 0 fully saturated rings. The number of ether oxygens (including phenoxy) is 1. The third-order valence-electron chi connectivity index (χ3n) is 4.96. The monoisotopic (exact) mass is 407 g/mol. The normalized spacial score (nSPS) is 13.2. The van der Waals surface area contributed by atoms with E-state index in [4.69, 9.17) is 4.74 Å². The van der Waals surface area contributed by atoms with Crippen LogP contribution in [0.4, 0.5) is 5.82 Å². The largest absolute Gasteiger partial charge is 0.459 e. The number of carbonyl (C=O) groups excluding carboxylic acids is 2. The number of hydrogen-bond donors (Lipinski definition) is 0. The average molecular weight is 407 g/mol. The van der Waals surface area contributed by atoms with Crippen molar-refractivity contribution in [2.75, 3.05) is 11.9 Å². The zero-order valence-corrected chi connectivity index (χ0v) is 18.1. The van der Waals surface area contributed by atoms with E-state index in [1.807, 2.05) is 53.1 Å². The number of Topliss-reactive ketones (excluding diaryl/α,β-unsaturated/α-hetero) is 1. The van der Waals surface area contributed by atoms with Crippen LogP contribution in [-0.4, -0.2) is 44.1 Å². The molecule has 0 spiro atoms. The van der Waals surface area contributed by atoms with Crippen LogP contribution in [0.3, 0.4) is 0 Å². The van der Waals surface area contributed by atoms with Gasteiger partial charge in [-0.2, -0.15) is 5.10 Å². The summed E-state index contributed by atoms with van der Waals surface area (Å²) in [5.74, 6) is 1.02. The summed E-state index contributed by atoms with van der Waals surface area (Å²) in [7, 11) is 1.98. The van der Waals surface area contributed by atoms with Crippen molar-refractivity contribution in [2.45, 2.75) is 53.3 Å². The second kappa shape index (κ2) is 6.90. The molecule has 2 aromatic heterocycles. The van der Waals surface area contributed by atoms with Gasteiger partial charge in [0.2, 0.25) is 0 Å². The van der Waals surface area contributed by atoms with Gasteiger partial charge in [0, 0.05) is 37.7 Å². The van der Waals surface area contributed by atoms with Crippen molar-refractivity contribution in [3.63, 3.8) is 0 Å². The molecule has 3 heterocycles. The molecule has 0 aliphatic carbocycles. The molecule has 0 bridgehead atoms. The van der Waals surface area contributed by atoms with Gasteiger partial charge in [0.1, 0.15) is 29.5 Å². The number of fused-ring (bicyclic) bond motifs is 4. The van der Waals surface area contributed by atoms with E-state index in [1.165, 1.54) is 6.92 Å². The Morgan fingerprint density at radius 2 is 1.93 bits per heavy atom. The van der Waals surface area contributed by atoms with Gasteiger partial charge in [-0.05, 0) is 51.0 Å². The first-order valence-electron chi connectivity index (χ1n) is 9.85. The van der Waals surface area contributed by atoms with Crippen LogP contribution in [0.25, 0.3) is 22.0 Å². The van der Waals surface area contributed by atoms with Gasteiger partial charge >= 0.3 is 5.97 Å². The molecule has 4 rings (SSSR count). The molecular formula is C22H25N5O3. The number of nitrogens with zero attached hydrogens (tertiary/aromatic N) is 5. The van der Waals surface area contributed by atoms with E-state index in [0.717, 1.165) is 28.0 Å². The van der Waals surface area contributed by atoms with Crippen molar-refractivity contribution < 1.29 is 14.3 Å². The number of rotatable bonds is 3. The van der Waals surface area contributed by atoms with Crippen LogP contribution >= 0.6 is 0 Å². The van der Waals surface area contributed by atoms with Crippen molar-refractivity contribution in [3.05, 3.63) is 35.4 Å². The number of hydrogen-bond acceptors (Lipinski definition) is 7. The Balaban J connectivity index is 1.86. The van der Waals surface area contributed by atoms with Crippen molar-refractivity contribution in [1.29, 1.82) is 0 Å². The minimum Gasteiger partial charge on any atom is -0.459 e. The van der Waals surface area contributed by atoms with E-state index >= 15 is 0 Å². The summed E-state index contributed by atoms with van der Waals surface area (Å²) in [5.41, 5.74) is 3.44. The zero-order valence-electron chi connectivity index (χ0n) is 18.1. The van der Waals surface area contributed by atoms with E-state index in [2.05, 4.69) is 20.0 Å². The highest BCUT2D eigenvalue weighted by Gasteiger charge is 2.26. The van der Waals surface area contributed by atoms with Gasteiger partial charge < -0.3 is 9.64 Å². The van der Waals surface area contributed by atoms with E-state index in [0.29, 0.717) is 23.4 Å². The summed E-state index contributed by atoms with van der Waals surface area (Å²) in [6.07, 6.45) is 1.82. The third-order valence-corrected chi connectivity index (χ3v) is 4.96. The first-order valence-corrected chi connectivity index (χ1v) is 9.85. The summed E-state index contributed by atoms with van der Waals surface area (Å²) in [6.45, 7) is 9.40.